The van der Waals surface area contributed by atoms with Gasteiger partial charge < -0.3 is 14.8 Å². The van der Waals surface area contributed by atoms with Gasteiger partial charge in [0.1, 0.15) is 19.0 Å². The maximum Gasteiger partial charge on any atom is 0.340 e. The first-order valence-corrected chi connectivity index (χ1v) is 6.81. The second kappa shape index (κ2) is 7.70. The second-order valence-corrected chi connectivity index (χ2v) is 4.42. The van der Waals surface area contributed by atoms with Crippen LogP contribution < -0.4 is 10.1 Å². The Kier molecular flexibility index (Phi) is 5.38. The van der Waals surface area contributed by atoms with Gasteiger partial charge >= 0.3 is 5.97 Å². The van der Waals surface area contributed by atoms with Crippen LogP contribution in [-0.4, -0.2) is 26.2 Å². The van der Waals surface area contributed by atoms with E-state index in [9.17, 15) is 4.79 Å². The molecule has 5 heteroatoms. The van der Waals surface area contributed by atoms with E-state index in [1.54, 1.807) is 43.4 Å². The molecule has 0 unspecified atom stereocenters. The van der Waals surface area contributed by atoms with Crippen molar-refractivity contribution < 1.29 is 14.3 Å². The van der Waals surface area contributed by atoms with Crippen molar-refractivity contribution >= 4 is 11.7 Å². The van der Waals surface area contributed by atoms with Crippen molar-refractivity contribution in [3.05, 3.63) is 59.7 Å². The molecule has 0 aliphatic carbocycles. The highest BCUT2D eigenvalue weighted by atomic mass is 16.6. The summed E-state index contributed by atoms with van der Waals surface area (Å²) in [5.41, 5.74) is 1.78. The summed E-state index contributed by atoms with van der Waals surface area (Å²) in [6.07, 6.45) is 0. The number of para-hydroxylation sites is 1. The summed E-state index contributed by atoms with van der Waals surface area (Å²) in [7, 11) is 1.75. The largest absolute Gasteiger partial charge is 0.490 e. The highest BCUT2D eigenvalue weighted by molar-refractivity contribution is 5.95. The normalized spacial score (nSPS) is 9.64. The molecular weight excluding hydrogens is 280 g/mol. The molecule has 0 saturated heterocycles. The summed E-state index contributed by atoms with van der Waals surface area (Å²) < 4.78 is 10.6. The molecule has 0 heterocycles. The maximum absolute atomic E-state index is 12.0. The Hall–Kier alpha value is -3.00. The van der Waals surface area contributed by atoms with Crippen LogP contribution in [0.25, 0.3) is 0 Å². The van der Waals surface area contributed by atoms with Crippen molar-refractivity contribution in [2.45, 2.75) is 0 Å². The Morgan fingerprint density at radius 3 is 2.55 bits per heavy atom. The smallest absolute Gasteiger partial charge is 0.340 e. The fourth-order valence-corrected chi connectivity index (χ4v) is 1.88. The lowest BCUT2D eigenvalue weighted by atomic mass is 10.2. The average molecular weight is 296 g/mol. The lowest BCUT2D eigenvalue weighted by molar-refractivity contribution is 0.0451. The summed E-state index contributed by atoms with van der Waals surface area (Å²) in [5.74, 6) is 0.235. The molecule has 1 N–H and O–H groups in total. The standard InChI is InChI=1S/C17H16N2O3/c1-19-16-5-3-2-4-15(16)17(20)22-11-10-21-14-8-6-13(12-18)7-9-14/h2-9,19H,10-11H2,1H3. The Balaban J connectivity index is 1.81. The number of hydrogen-bond donors (Lipinski definition) is 1. The van der Waals surface area contributed by atoms with Gasteiger partial charge in [0, 0.05) is 12.7 Å². The van der Waals surface area contributed by atoms with E-state index >= 15 is 0 Å². The predicted molar refractivity (Wildman–Crippen MR) is 82.9 cm³/mol. The molecule has 112 valence electrons. The zero-order chi connectivity index (χ0) is 15.8. The third kappa shape index (κ3) is 4.00. The lowest BCUT2D eigenvalue weighted by Gasteiger charge is -2.10. The van der Waals surface area contributed by atoms with Gasteiger partial charge in [-0.3, -0.25) is 0 Å². The Labute approximate surface area is 129 Å². The van der Waals surface area contributed by atoms with Gasteiger partial charge in [-0.15, -0.1) is 0 Å². The molecule has 2 rings (SSSR count). The zero-order valence-corrected chi connectivity index (χ0v) is 12.2. The molecule has 5 nitrogen and oxygen atoms in total. The summed E-state index contributed by atoms with van der Waals surface area (Å²) >= 11 is 0. The average Bonchev–Trinajstić information content (AvgIpc) is 2.59. The van der Waals surface area contributed by atoms with E-state index in [1.807, 2.05) is 18.2 Å². The molecule has 0 aliphatic rings. The lowest BCUT2D eigenvalue weighted by Crippen LogP contribution is -2.13. The number of anilines is 1. The van der Waals surface area contributed by atoms with E-state index in [-0.39, 0.29) is 13.2 Å². The third-order valence-electron chi connectivity index (χ3n) is 2.98. The van der Waals surface area contributed by atoms with Crippen LogP contribution in [0.4, 0.5) is 5.69 Å². The van der Waals surface area contributed by atoms with E-state index in [1.165, 1.54) is 0 Å². The molecule has 0 aliphatic heterocycles. The number of esters is 1. The van der Waals surface area contributed by atoms with E-state index in [0.29, 0.717) is 16.9 Å². The molecule has 0 radical (unpaired) electrons. The number of nitrogens with zero attached hydrogens (tertiary/aromatic N) is 1. The fraction of sp³-hybridized carbons (Fsp3) is 0.176. The van der Waals surface area contributed by atoms with Gasteiger partial charge in [-0.25, -0.2) is 4.79 Å². The molecule has 2 aromatic rings. The zero-order valence-electron chi connectivity index (χ0n) is 12.2. The number of ether oxygens (including phenoxy) is 2. The van der Waals surface area contributed by atoms with Crippen molar-refractivity contribution in [1.29, 1.82) is 5.26 Å². The van der Waals surface area contributed by atoms with Gasteiger partial charge in [0.25, 0.3) is 0 Å². The first kappa shape index (κ1) is 15.4. The molecule has 0 bridgehead atoms. The van der Waals surface area contributed by atoms with Crippen LogP contribution in [0.2, 0.25) is 0 Å². The van der Waals surface area contributed by atoms with Gasteiger partial charge in [0.15, 0.2) is 0 Å². The van der Waals surface area contributed by atoms with Crippen molar-refractivity contribution in [2.75, 3.05) is 25.6 Å². The first-order chi connectivity index (χ1) is 10.7. The summed E-state index contributed by atoms with van der Waals surface area (Å²) in [6, 6.07) is 15.9. The second-order valence-electron chi connectivity index (χ2n) is 4.42. The van der Waals surface area contributed by atoms with Crippen LogP contribution in [0.15, 0.2) is 48.5 Å². The monoisotopic (exact) mass is 296 g/mol. The SMILES string of the molecule is CNc1ccccc1C(=O)OCCOc1ccc(C#N)cc1. The van der Waals surface area contributed by atoms with Crippen molar-refractivity contribution in [2.24, 2.45) is 0 Å². The van der Waals surface area contributed by atoms with Crippen molar-refractivity contribution in [3.63, 3.8) is 0 Å². The molecule has 0 spiro atoms. The van der Waals surface area contributed by atoms with Crippen LogP contribution in [0, 0.1) is 11.3 Å². The maximum atomic E-state index is 12.0. The fourth-order valence-electron chi connectivity index (χ4n) is 1.88. The molecule has 0 atom stereocenters. The number of carbonyl (C=O) groups excluding carboxylic acids is 1. The number of hydrogen-bond acceptors (Lipinski definition) is 5. The van der Waals surface area contributed by atoms with Gasteiger partial charge in [-0.1, -0.05) is 12.1 Å². The molecule has 0 amide bonds. The Morgan fingerprint density at radius 2 is 1.86 bits per heavy atom. The Bertz CT molecular complexity index is 675. The highest BCUT2D eigenvalue weighted by Gasteiger charge is 2.11. The van der Waals surface area contributed by atoms with Gasteiger partial charge in [0.05, 0.1) is 17.2 Å². The molecule has 22 heavy (non-hydrogen) atoms. The van der Waals surface area contributed by atoms with E-state index in [0.717, 1.165) is 5.69 Å². The van der Waals surface area contributed by atoms with Gasteiger partial charge in [-0.2, -0.15) is 5.26 Å². The van der Waals surface area contributed by atoms with Crippen LogP contribution >= 0.6 is 0 Å². The number of benzene rings is 2. The molecule has 0 saturated carbocycles. The summed E-state index contributed by atoms with van der Waals surface area (Å²) in [5, 5.41) is 11.6. The molecule has 0 fully saturated rings. The van der Waals surface area contributed by atoms with Crippen molar-refractivity contribution in [3.8, 4) is 11.8 Å². The van der Waals surface area contributed by atoms with Crippen LogP contribution in [-0.2, 0) is 4.74 Å². The summed E-state index contributed by atoms with van der Waals surface area (Å²) in [4.78, 5) is 12.0. The molecular formula is C17H16N2O3. The van der Waals surface area contributed by atoms with E-state index in [2.05, 4.69) is 5.32 Å². The quantitative estimate of drug-likeness (QED) is 0.655. The number of nitriles is 1. The van der Waals surface area contributed by atoms with Crippen molar-refractivity contribution in [1.82, 2.24) is 0 Å². The number of nitrogens with one attached hydrogen (secondary N) is 1. The first-order valence-electron chi connectivity index (χ1n) is 6.81. The van der Waals surface area contributed by atoms with Crippen LogP contribution in [0.3, 0.4) is 0 Å². The minimum atomic E-state index is -0.395. The van der Waals surface area contributed by atoms with Gasteiger partial charge in [-0.05, 0) is 36.4 Å². The Morgan fingerprint density at radius 1 is 1.14 bits per heavy atom. The third-order valence-corrected chi connectivity index (χ3v) is 2.98. The number of carbonyl (C=O) groups is 1. The topological polar surface area (TPSA) is 71.3 Å². The predicted octanol–water partition coefficient (Wildman–Crippen LogP) is 2.84. The van der Waals surface area contributed by atoms with E-state index in [4.69, 9.17) is 14.7 Å². The van der Waals surface area contributed by atoms with Gasteiger partial charge in [0.2, 0.25) is 0 Å². The minimum Gasteiger partial charge on any atom is -0.490 e. The number of rotatable bonds is 6. The van der Waals surface area contributed by atoms with E-state index < -0.39 is 5.97 Å². The highest BCUT2D eigenvalue weighted by Crippen LogP contribution is 2.15. The minimum absolute atomic E-state index is 0.150. The molecule has 2 aromatic carbocycles. The summed E-state index contributed by atoms with van der Waals surface area (Å²) in [6.45, 7) is 0.399. The van der Waals surface area contributed by atoms with Crippen LogP contribution in [0.5, 0.6) is 5.75 Å². The molecule has 0 aromatic heterocycles. The van der Waals surface area contributed by atoms with Crippen LogP contribution in [0.1, 0.15) is 15.9 Å².